The fraction of sp³-hybridized carbons (Fsp3) is 1.00. The van der Waals surface area contributed by atoms with Gasteiger partial charge in [-0.25, -0.2) is 0 Å². The SMILES string of the molecule is CC(O)(CCN1CCN(CCC(C)(O)P(=O)(O)O)CCN(CCC(O)(P(=O)(O)O)P(=O)(O)O)CCN(CCC(C)(O)P(=O)(O)O)CC1)P(=O)(O)O. The lowest BCUT2D eigenvalue weighted by atomic mass is 10.2. The molecule has 3 unspecified atom stereocenters. The summed E-state index contributed by atoms with van der Waals surface area (Å²) in [6, 6.07) is 0. The number of nitrogens with zero attached hydrogens (tertiary/aromatic N) is 4. The van der Waals surface area contributed by atoms with E-state index in [2.05, 4.69) is 0 Å². The van der Waals surface area contributed by atoms with Gasteiger partial charge in [-0.2, -0.15) is 0 Å². The number of rotatable bonds is 17. The van der Waals surface area contributed by atoms with Crippen molar-refractivity contribution in [3.05, 3.63) is 0 Å². The van der Waals surface area contributed by atoms with Crippen LogP contribution in [0.1, 0.15) is 46.5 Å². The molecule has 1 heterocycles. The molecule has 0 saturated carbocycles. The molecule has 1 aliphatic heterocycles. The first-order valence-corrected chi connectivity index (χ1v) is 23.7. The molecular weight excluding hydrogens is 791 g/mol. The molecule has 0 aromatic heterocycles. The zero-order valence-electron chi connectivity index (χ0n) is 28.6. The maximum Gasteiger partial charge on any atom is 0.369 e. The number of hydrogen-bond acceptors (Lipinski definition) is 13. The molecule has 1 rings (SSSR count). The Morgan fingerprint density at radius 3 is 0.706 bits per heavy atom. The second-order valence-electron chi connectivity index (χ2n) is 13.5. The molecule has 14 N–H and O–H groups in total. The van der Waals surface area contributed by atoms with Crippen LogP contribution in [0, 0.1) is 0 Å². The van der Waals surface area contributed by atoms with Crippen LogP contribution in [0.2, 0.25) is 0 Å². The van der Waals surface area contributed by atoms with Crippen LogP contribution in [0.5, 0.6) is 0 Å². The van der Waals surface area contributed by atoms with Crippen molar-refractivity contribution >= 4 is 38.0 Å². The molecule has 306 valence electrons. The van der Waals surface area contributed by atoms with Crippen molar-refractivity contribution in [1.82, 2.24) is 19.6 Å². The summed E-state index contributed by atoms with van der Waals surface area (Å²) in [4.78, 5) is 102. The summed E-state index contributed by atoms with van der Waals surface area (Å²) >= 11 is 0. The van der Waals surface area contributed by atoms with Gasteiger partial charge in [-0.05, 0) is 20.8 Å². The molecule has 0 spiro atoms. The van der Waals surface area contributed by atoms with Crippen LogP contribution in [0.25, 0.3) is 0 Å². The zero-order valence-corrected chi connectivity index (χ0v) is 33.1. The Balaban J connectivity index is 3.49. The predicted octanol–water partition coefficient (Wildman–Crippen LogP) is -2.57. The van der Waals surface area contributed by atoms with Gasteiger partial charge in [0.25, 0.3) is 5.08 Å². The maximum absolute atomic E-state index is 12.0. The molecule has 0 aromatic carbocycles. The van der Waals surface area contributed by atoms with Crippen LogP contribution < -0.4 is 0 Å². The number of aliphatic hydroxyl groups is 4. The fourth-order valence-electron chi connectivity index (χ4n) is 4.79. The Labute approximate surface area is 295 Å². The third-order valence-corrected chi connectivity index (χ3v) is 17.5. The normalized spacial score (nSPS) is 22.4. The van der Waals surface area contributed by atoms with E-state index in [0.717, 1.165) is 20.8 Å². The first-order chi connectivity index (χ1) is 22.6. The highest BCUT2D eigenvalue weighted by atomic mass is 31.2. The topological polar surface area (TPSA) is 382 Å². The van der Waals surface area contributed by atoms with Crippen LogP contribution >= 0.6 is 38.0 Å². The monoisotopic (exact) mass is 846 g/mol. The molecule has 28 heteroatoms. The minimum Gasteiger partial charge on any atom is -0.377 e. The van der Waals surface area contributed by atoms with E-state index in [1.807, 2.05) is 0 Å². The summed E-state index contributed by atoms with van der Waals surface area (Å²) in [7, 11) is -26.6. The molecule has 1 aliphatic rings. The highest BCUT2D eigenvalue weighted by Crippen LogP contribution is 2.69. The summed E-state index contributed by atoms with van der Waals surface area (Å²) in [5.74, 6) is 0. The van der Waals surface area contributed by atoms with E-state index in [1.165, 1.54) is 4.90 Å². The van der Waals surface area contributed by atoms with Crippen molar-refractivity contribution in [3.63, 3.8) is 0 Å². The quantitative estimate of drug-likeness (QED) is 0.0669. The van der Waals surface area contributed by atoms with Gasteiger partial charge >= 0.3 is 38.0 Å². The molecule has 0 radical (unpaired) electrons. The van der Waals surface area contributed by atoms with Crippen LogP contribution in [0.4, 0.5) is 0 Å². The first kappa shape index (κ1) is 49.4. The lowest BCUT2D eigenvalue weighted by molar-refractivity contribution is 0.0602. The molecule has 23 nitrogen and oxygen atoms in total. The molecule has 0 amide bonds. The van der Waals surface area contributed by atoms with Gasteiger partial charge in [-0.1, -0.05) is 0 Å². The fourth-order valence-corrected chi connectivity index (χ4v) is 8.10. The molecule has 0 bridgehead atoms. The van der Waals surface area contributed by atoms with E-state index >= 15 is 0 Å². The van der Waals surface area contributed by atoms with Gasteiger partial charge in [0.15, 0.2) is 16.0 Å². The second kappa shape index (κ2) is 18.1. The van der Waals surface area contributed by atoms with E-state index in [0.29, 0.717) is 0 Å². The van der Waals surface area contributed by atoms with Gasteiger partial charge < -0.3 is 89.0 Å². The van der Waals surface area contributed by atoms with Crippen molar-refractivity contribution in [1.29, 1.82) is 0 Å². The molecular formula is C23H55N4O19P5. The Kier molecular flexibility index (Phi) is 17.6. The van der Waals surface area contributed by atoms with Gasteiger partial charge in [0.2, 0.25) is 0 Å². The van der Waals surface area contributed by atoms with E-state index in [4.69, 9.17) is 0 Å². The van der Waals surface area contributed by atoms with Gasteiger partial charge in [-0.3, -0.25) is 22.8 Å². The number of hydrogen-bond donors (Lipinski definition) is 14. The van der Waals surface area contributed by atoms with Crippen LogP contribution in [0.3, 0.4) is 0 Å². The average Bonchev–Trinajstić information content (AvgIpc) is 2.92. The third kappa shape index (κ3) is 14.8. The molecule has 0 aromatic rings. The summed E-state index contributed by atoms with van der Waals surface area (Å²) in [6.45, 7) is 2.36. The summed E-state index contributed by atoms with van der Waals surface area (Å²) in [6.07, 6.45) is -2.37. The molecule has 51 heavy (non-hydrogen) atoms. The van der Waals surface area contributed by atoms with Gasteiger partial charge in [-0.15, -0.1) is 0 Å². The van der Waals surface area contributed by atoms with Crippen molar-refractivity contribution in [2.24, 2.45) is 0 Å². The molecule has 1 saturated heterocycles. The van der Waals surface area contributed by atoms with Crippen LogP contribution in [-0.4, -0.2) is 189 Å². The largest absolute Gasteiger partial charge is 0.377 e. The van der Waals surface area contributed by atoms with Gasteiger partial charge in [0.05, 0.1) is 0 Å². The van der Waals surface area contributed by atoms with Crippen molar-refractivity contribution < 1.29 is 92.2 Å². The maximum atomic E-state index is 12.0. The standard InChI is InChI=1S/C23H55N4O19P5/c1-20(28,47(32,33)34)4-8-24-12-14-25(9-5-21(2,29)48(35,36)37)16-18-27(11-7-23(31,50(41,42)43)51(44,45)46)19-17-26(15-13-24)10-6-22(3,30)49(38,39)40/h28-31H,4-19H2,1-3H3,(H2,32,33,34)(H2,35,36,37)(H2,38,39,40)(H2,41,42,43)(H2,44,45,46). The minimum atomic E-state index is -5.81. The predicted molar refractivity (Wildman–Crippen MR) is 181 cm³/mol. The minimum absolute atomic E-state index is 0.0163. The van der Waals surface area contributed by atoms with Crippen molar-refractivity contribution in [2.45, 2.75) is 67.6 Å². The van der Waals surface area contributed by atoms with E-state index < -0.39 is 91.3 Å². The Bertz CT molecular complexity index is 1300. The molecule has 3 atom stereocenters. The Hall–Kier alpha value is 0.430. The Morgan fingerprint density at radius 1 is 0.373 bits per heavy atom. The van der Waals surface area contributed by atoms with Crippen molar-refractivity contribution in [3.8, 4) is 0 Å². The summed E-state index contributed by atoms with van der Waals surface area (Å²) < 4.78 is 59.5. The molecule has 1 fully saturated rings. The van der Waals surface area contributed by atoms with E-state index in [1.54, 1.807) is 14.7 Å². The smallest absolute Gasteiger partial charge is 0.369 e. The van der Waals surface area contributed by atoms with Crippen LogP contribution in [0.15, 0.2) is 0 Å². The van der Waals surface area contributed by atoms with E-state index in [9.17, 15) is 92.2 Å². The highest BCUT2D eigenvalue weighted by molar-refractivity contribution is 7.72. The second-order valence-corrected chi connectivity index (χ2v) is 23.7. The molecule has 0 aliphatic carbocycles. The van der Waals surface area contributed by atoms with Crippen LogP contribution in [-0.2, 0) is 22.8 Å². The van der Waals surface area contributed by atoms with Crippen molar-refractivity contribution in [2.75, 3.05) is 78.5 Å². The summed E-state index contributed by atoms with van der Waals surface area (Å²) in [5, 5.41) is 30.7. The zero-order chi connectivity index (χ0) is 40.1. The first-order valence-electron chi connectivity index (χ1n) is 15.6. The highest BCUT2D eigenvalue weighted by Gasteiger charge is 2.59. The van der Waals surface area contributed by atoms with E-state index in [-0.39, 0.29) is 72.0 Å². The lowest BCUT2D eigenvalue weighted by Gasteiger charge is -2.37. The van der Waals surface area contributed by atoms with Gasteiger partial charge in [0, 0.05) is 104 Å². The summed E-state index contributed by atoms with van der Waals surface area (Å²) in [5.41, 5.74) is 0. The Morgan fingerprint density at radius 2 is 0.549 bits per heavy atom. The van der Waals surface area contributed by atoms with Gasteiger partial charge in [0.1, 0.15) is 0 Å². The lowest BCUT2D eigenvalue weighted by Crippen LogP contribution is -2.48. The average molecular weight is 847 g/mol. The third-order valence-electron chi connectivity index (χ3n) is 9.21.